The van der Waals surface area contributed by atoms with E-state index in [1.807, 2.05) is 13.8 Å². The van der Waals surface area contributed by atoms with Crippen molar-refractivity contribution in [2.45, 2.75) is 25.5 Å². The molecular weight excluding hydrogens is 434 g/mol. The summed E-state index contributed by atoms with van der Waals surface area (Å²) in [5.41, 5.74) is 3.47. The number of aromatic nitrogens is 4. The van der Waals surface area contributed by atoms with Gasteiger partial charge >= 0.3 is 0 Å². The third-order valence-electron chi connectivity index (χ3n) is 4.81. The van der Waals surface area contributed by atoms with E-state index >= 15 is 0 Å². The predicted molar refractivity (Wildman–Crippen MR) is 125 cm³/mol. The number of aryl methyl sites for hydroxylation is 2. The van der Waals surface area contributed by atoms with Crippen molar-refractivity contribution in [3.63, 3.8) is 0 Å². The van der Waals surface area contributed by atoms with Crippen LogP contribution in [-0.4, -0.2) is 30.9 Å². The molecule has 0 unspecified atom stereocenters. The first-order chi connectivity index (χ1) is 14.9. The van der Waals surface area contributed by atoms with Crippen LogP contribution in [0.15, 0.2) is 58.0 Å². The number of nitrogens with one attached hydrogen (secondary N) is 1. The minimum atomic E-state index is -0.412. The Hall–Kier alpha value is -3.24. The number of benzene rings is 1. The topological polar surface area (TPSA) is 98.9 Å². The van der Waals surface area contributed by atoms with E-state index in [2.05, 4.69) is 22.0 Å². The first-order valence-electron chi connectivity index (χ1n) is 9.41. The zero-order valence-corrected chi connectivity index (χ0v) is 18.5. The molecule has 10 heteroatoms. The number of allylic oxidation sites excluding steroid dienone is 1. The number of rotatable bonds is 6. The van der Waals surface area contributed by atoms with Crippen LogP contribution in [0.4, 0.5) is 0 Å². The highest BCUT2D eigenvalue weighted by molar-refractivity contribution is 7.99. The van der Waals surface area contributed by atoms with E-state index in [9.17, 15) is 14.4 Å². The van der Waals surface area contributed by atoms with Gasteiger partial charge in [-0.05, 0) is 31.5 Å². The lowest BCUT2D eigenvalue weighted by Gasteiger charge is -2.12. The number of fused-ring (bicyclic) bond motifs is 2. The summed E-state index contributed by atoms with van der Waals surface area (Å²) in [5, 5.41) is 1.42. The van der Waals surface area contributed by atoms with Crippen LogP contribution in [0, 0.1) is 13.8 Å². The van der Waals surface area contributed by atoms with E-state index < -0.39 is 5.91 Å². The summed E-state index contributed by atoms with van der Waals surface area (Å²) in [6, 6.07) is 7.06. The second-order valence-corrected chi connectivity index (χ2v) is 8.97. The molecule has 0 aliphatic heterocycles. The number of nitrogens with zero attached hydrogens (tertiary/aromatic N) is 4. The SMILES string of the molecule is C=CCn1c(SCC(=O)Nn2cnc3sc(C)c(C)c3c2=O)nc2ccccc2c1=O. The van der Waals surface area contributed by atoms with Crippen LogP contribution >= 0.6 is 23.1 Å². The maximum absolute atomic E-state index is 12.8. The van der Waals surface area contributed by atoms with Crippen molar-refractivity contribution >= 4 is 50.1 Å². The van der Waals surface area contributed by atoms with Crippen LogP contribution in [0.3, 0.4) is 0 Å². The second-order valence-electron chi connectivity index (χ2n) is 6.82. The van der Waals surface area contributed by atoms with E-state index in [4.69, 9.17) is 0 Å². The van der Waals surface area contributed by atoms with E-state index in [1.165, 1.54) is 22.2 Å². The Morgan fingerprint density at radius 3 is 2.81 bits per heavy atom. The summed E-state index contributed by atoms with van der Waals surface area (Å²) in [6.45, 7) is 7.76. The van der Waals surface area contributed by atoms with Crippen LogP contribution in [-0.2, 0) is 11.3 Å². The van der Waals surface area contributed by atoms with Gasteiger partial charge in [-0.1, -0.05) is 30.0 Å². The normalized spacial score (nSPS) is 11.2. The van der Waals surface area contributed by atoms with E-state index in [-0.39, 0.29) is 23.4 Å². The lowest BCUT2D eigenvalue weighted by Crippen LogP contribution is -2.34. The molecule has 1 amide bonds. The maximum atomic E-state index is 12.8. The van der Waals surface area contributed by atoms with Gasteiger partial charge < -0.3 is 0 Å². The first kappa shape index (κ1) is 21.0. The van der Waals surface area contributed by atoms with Crippen LogP contribution in [0.2, 0.25) is 0 Å². The van der Waals surface area contributed by atoms with Gasteiger partial charge in [-0.3, -0.25) is 24.4 Å². The number of hydrogen-bond donors (Lipinski definition) is 1. The second kappa shape index (κ2) is 8.48. The molecule has 0 spiro atoms. The number of para-hydroxylation sites is 1. The minimum Gasteiger partial charge on any atom is -0.283 e. The van der Waals surface area contributed by atoms with Crippen LogP contribution < -0.4 is 16.5 Å². The van der Waals surface area contributed by atoms with E-state index in [1.54, 1.807) is 30.3 Å². The molecule has 0 saturated carbocycles. The number of hydrogen-bond acceptors (Lipinski definition) is 7. The van der Waals surface area contributed by atoms with Crippen molar-refractivity contribution in [3.8, 4) is 0 Å². The Morgan fingerprint density at radius 2 is 2.03 bits per heavy atom. The van der Waals surface area contributed by atoms with Crippen molar-refractivity contribution in [2.75, 3.05) is 11.2 Å². The van der Waals surface area contributed by atoms with Crippen molar-refractivity contribution in [1.82, 2.24) is 19.2 Å². The fraction of sp³-hybridized carbons (Fsp3) is 0.190. The van der Waals surface area contributed by atoms with Gasteiger partial charge in [-0.25, -0.2) is 14.6 Å². The van der Waals surface area contributed by atoms with Gasteiger partial charge in [0, 0.05) is 11.4 Å². The number of carbonyl (C=O) groups excluding carboxylic acids is 1. The zero-order chi connectivity index (χ0) is 22.1. The summed E-state index contributed by atoms with van der Waals surface area (Å²) in [5.74, 6) is -0.445. The van der Waals surface area contributed by atoms with E-state index in [0.29, 0.717) is 26.3 Å². The third-order valence-corrected chi connectivity index (χ3v) is 6.90. The highest BCUT2D eigenvalue weighted by atomic mass is 32.2. The average molecular weight is 454 g/mol. The monoisotopic (exact) mass is 453 g/mol. The van der Waals surface area contributed by atoms with Gasteiger partial charge in [-0.15, -0.1) is 17.9 Å². The quantitative estimate of drug-likeness (QED) is 0.274. The molecule has 0 aliphatic carbocycles. The van der Waals surface area contributed by atoms with Crippen molar-refractivity contribution in [2.24, 2.45) is 0 Å². The molecule has 4 rings (SSSR count). The fourth-order valence-corrected chi connectivity index (χ4v) is 4.95. The molecule has 1 N–H and O–H groups in total. The zero-order valence-electron chi connectivity index (χ0n) is 16.9. The largest absolute Gasteiger partial charge is 0.283 e. The summed E-state index contributed by atoms with van der Waals surface area (Å²) in [6.07, 6.45) is 2.91. The Morgan fingerprint density at radius 1 is 1.26 bits per heavy atom. The summed E-state index contributed by atoms with van der Waals surface area (Å²) in [7, 11) is 0. The van der Waals surface area contributed by atoms with Crippen molar-refractivity contribution < 1.29 is 4.79 Å². The Bertz CT molecular complexity index is 1450. The highest BCUT2D eigenvalue weighted by Crippen LogP contribution is 2.25. The number of carbonyl (C=O) groups is 1. The number of amides is 1. The van der Waals surface area contributed by atoms with Crippen molar-refractivity contribution in [3.05, 3.63) is 74.4 Å². The Labute approximate surface area is 185 Å². The van der Waals surface area contributed by atoms with Gasteiger partial charge in [0.15, 0.2) is 5.16 Å². The van der Waals surface area contributed by atoms with E-state index in [0.717, 1.165) is 26.9 Å². The molecule has 0 radical (unpaired) electrons. The molecule has 0 saturated heterocycles. The van der Waals surface area contributed by atoms with Gasteiger partial charge in [0.05, 0.1) is 22.0 Å². The number of thiophene rings is 1. The third kappa shape index (κ3) is 3.91. The molecule has 4 aromatic rings. The molecule has 31 heavy (non-hydrogen) atoms. The van der Waals surface area contributed by atoms with Crippen LogP contribution in [0.25, 0.3) is 21.1 Å². The Balaban J connectivity index is 1.58. The molecule has 0 aliphatic rings. The molecule has 0 bridgehead atoms. The lowest BCUT2D eigenvalue weighted by atomic mass is 10.2. The number of thioether (sulfide) groups is 1. The first-order valence-corrected chi connectivity index (χ1v) is 11.2. The van der Waals surface area contributed by atoms with Crippen LogP contribution in [0.5, 0.6) is 0 Å². The smallest absolute Gasteiger partial charge is 0.281 e. The van der Waals surface area contributed by atoms with Gasteiger partial charge in [-0.2, -0.15) is 0 Å². The summed E-state index contributed by atoms with van der Waals surface area (Å²) >= 11 is 2.56. The Kier molecular flexibility index (Phi) is 5.75. The molecule has 8 nitrogen and oxygen atoms in total. The molecule has 0 atom stereocenters. The van der Waals surface area contributed by atoms with Gasteiger partial charge in [0.25, 0.3) is 11.1 Å². The summed E-state index contributed by atoms with van der Waals surface area (Å²) < 4.78 is 2.57. The standard InChI is InChI=1S/C21H19N5O3S2/c1-4-9-25-19(28)14-7-5-6-8-15(14)23-21(25)30-10-16(27)24-26-11-22-18-17(20(26)29)12(2)13(3)31-18/h4-8,11H,1,9-10H2,2-3H3,(H,24,27). The fourth-order valence-electron chi connectivity index (χ4n) is 3.16. The highest BCUT2D eigenvalue weighted by Gasteiger charge is 2.15. The molecule has 158 valence electrons. The van der Waals surface area contributed by atoms with Gasteiger partial charge in [0.2, 0.25) is 5.91 Å². The predicted octanol–water partition coefficient (Wildman–Crippen LogP) is 2.83. The van der Waals surface area contributed by atoms with Crippen molar-refractivity contribution in [1.29, 1.82) is 0 Å². The lowest BCUT2D eigenvalue weighted by molar-refractivity contribution is -0.114. The molecule has 0 fully saturated rings. The average Bonchev–Trinajstić information content (AvgIpc) is 3.05. The molecular formula is C21H19N5O3S2. The van der Waals surface area contributed by atoms with Crippen LogP contribution in [0.1, 0.15) is 10.4 Å². The van der Waals surface area contributed by atoms with Gasteiger partial charge in [0.1, 0.15) is 11.2 Å². The molecule has 1 aromatic carbocycles. The minimum absolute atomic E-state index is 0.0337. The maximum Gasteiger partial charge on any atom is 0.281 e. The summed E-state index contributed by atoms with van der Waals surface area (Å²) in [4.78, 5) is 48.5. The molecule has 3 aromatic heterocycles. The molecule has 3 heterocycles.